The van der Waals surface area contributed by atoms with Gasteiger partial charge in [0, 0.05) is 62.8 Å². The van der Waals surface area contributed by atoms with Crippen molar-refractivity contribution in [3.05, 3.63) is 101 Å². The van der Waals surface area contributed by atoms with E-state index < -0.39 is 12.2 Å². The van der Waals surface area contributed by atoms with E-state index in [4.69, 9.17) is 14.7 Å². The SMILES string of the molecule is CN(CCc1ccccn1)C[C@@H]1C[C@H](c2ccc(CO)cc2)O[C@H](c2ccc(CNC(=O)CCCCC(=O)NO)cc2)O1. The topological polar surface area (TPSA) is 133 Å². The number of carbonyl (C=O) groups is 2. The number of likely N-dealkylation sites (N-methyl/N-ethyl adjacent to an activating group) is 1. The second kappa shape index (κ2) is 16.8. The van der Waals surface area contributed by atoms with Gasteiger partial charge in [0.05, 0.1) is 18.8 Å². The summed E-state index contributed by atoms with van der Waals surface area (Å²) in [5.41, 5.74) is 6.41. The van der Waals surface area contributed by atoms with Gasteiger partial charge in [-0.1, -0.05) is 54.6 Å². The number of unbranched alkanes of at least 4 members (excludes halogenated alkanes) is 1. The molecule has 2 heterocycles. The molecule has 10 heteroatoms. The van der Waals surface area contributed by atoms with Gasteiger partial charge in [0.2, 0.25) is 11.8 Å². The molecule has 0 unspecified atom stereocenters. The number of hydrogen-bond donors (Lipinski definition) is 4. The first-order valence-electron chi connectivity index (χ1n) is 14.8. The molecule has 0 bridgehead atoms. The Morgan fingerprint density at radius 3 is 2.30 bits per heavy atom. The molecule has 2 amide bonds. The third-order valence-electron chi connectivity index (χ3n) is 7.53. The van der Waals surface area contributed by atoms with Crippen molar-refractivity contribution in [1.82, 2.24) is 20.7 Å². The Hall–Kier alpha value is -3.67. The molecule has 43 heavy (non-hydrogen) atoms. The Morgan fingerprint density at radius 2 is 1.63 bits per heavy atom. The minimum absolute atomic E-state index is 0.00259. The number of hydrogen-bond acceptors (Lipinski definition) is 8. The fourth-order valence-corrected chi connectivity index (χ4v) is 5.03. The van der Waals surface area contributed by atoms with E-state index in [1.54, 1.807) is 5.48 Å². The minimum Gasteiger partial charge on any atom is -0.392 e. The molecule has 3 aromatic rings. The van der Waals surface area contributed by atoms with Gasteiger partial charge in [-0.2, -0.15) is 0 Å². The van der Waals surface area contributed by atoms with E-state index in [1.807, 2.05) is 72.9 Å². The number of benzene rings is 2. The molecule has 0 saturated carbocycles. The number of nitrogens with zero attached hydrogens (tertiary/aromatic N) is 2. The van der Waals surface area contributed by atoms with Crippen molar-refractivity contribution in [1.29, 1.82) is 0 Å². The molecule has 1 fully saturated rings. The second-order valence-electron chi connectivity index (χ2n) is 10.9. The zero-order chi connectivity index (χ0) is 30.4. The van der Waals surface area contributed by atoms with Crippen LogP contribution in [0.2, 0.25) is 0 Å². The van der Waals surface area contributed by atoms with Gasteiger partial charge in [0.1, 0.15) is 0 Å². The molecule has 0 spiro atoms. The number of hydroxylamine groups is 1. The molecule has 4 N–H and O–H groups in total. The number of aliphatic hydroxyl groups excluding tert-OH is 1. The Balaban J connectivity index is 1.35. The summed E-state index contributed by atoms with van der Waals surface area (Å²) in [4.78, 5) is 30.0. The van der Waals surface area contributed by atoms with Crippen LogP contribution in [0, 0.1) is 0 Å². The van der Waals surface area contributed by atoms with Crippen LogP contribution in [0.3, 0.4) is 0 Å². The van der Waals surface area contributed by atoms with E-state index >= 15 is 0 Å². The molecule has 230 valence electrons. The van der Waals surface area contributed by atoms with Crippen molar-refractivity contribution >= 4 is 11.8 Å². The number of rotatable bonds is 15. The maximum Gasteiger partial charge on any atom is 0.243 e. The zero-order valence-corrected chi connectivity index (χ0v) is 24.7. The standard InChI is InChI=1S/C33H42N4O6/c1-37(19-17-28-6-4-5-18-34-28)22-29-20-30(26-13-11-25(23-38)12-14-26)43-33(42-29)27-15-9-24(10-16-27)21-35-31(39)7-2-3-8-32(40)36-41/h4-6,9-16,18,29-30,33,38,41H,2-3,7-8,17,19-23H2,1H3,(H,35,39)(H,36,40)/t29-,30+,33+/m0/s1. The fourth-order valence-electron chi connectivity index (χ4n) is 5.03. The minimum atomic E-state index is -0.551. The summed E-state index contributed by atoms with van der Waals surface area (Å²) in [6.07, 6.45) is 4.21. The Kier molecular flexibility index (Phi) is 12.6. The average Bonchev–Trinajstić information content (AvgIpc) is 3.05. The number of nitrogens with one attached hydrogen (secondary N) is 2. The smallest absolute Gasteiger partial charge is 0.243 e. The normalized spacial score (nSPS) is 18.4. The lowest BCUT2D eigenvalue weighted by molar-refractivity contribution is -0.252. The summed E-state index contributed by atoms with van der Waals surface area (Å²) in [5, 5.41) is 20.9. The van der Waals surface area contributed by atoms with Crippen LogP contribution in [-0.2, 0) is 38.6 Å². The maximum absolute atomic E-state index is 12.2. The molecule has 4 rings (SSSR count). The first-order valence-corrected chi connectivity index (χ1v) is 14.8. The van der Waals surface area contributed by atoms with Crippen LogP contribution >= 0.6 is 0 Å². The quantitative estimate of drug-likeness (QED) is 0.119. The third-order valence-corrected chi connectivity index (χ3v) is 7.53. The lowest BCUT2D eigenvalue weighted by Crippen LogP contribution is -2.38. The molecular formula is C33H42N4O6. The van der Waals surface area contributed by atoms with Crippen LogP contribution in [0.5, 0.6) is 0 Å². The third kappa shape index (κ3) is 10.5. The molecule has 3 atom stereocenters. The predicted octanol–water partition coefficient (Wildman–Crippen LogP) is 3.98. The van der Waals surface area contributed by atoms with Crippen molar-refractivity contribution in [2.24, 2.45) is 0 Å². The van der Waals surface area contributed by atoms with E-state index in [0.29, 0.717) is 32.2 Å². The number of ether oxygens (including phenoxy) is 2. The van der Waals surface area contributed by atoms with Crippen molar-refractivity contribution in [2.75, 3.05) is 20.1 Å². The van der Waals surface area contributed by atoms with Gasteiger partial charge >= 0.3 is 0 Å². The van der Waals surface area contributed by atoms with E-state index in [9.17, 15) is 14.7 Å². The average molecular weight is 591 g/mol. The summed E-state index contributed by atoms with van der Waals surface area (Å²) in [7, 11) is 2.09. The first-order chi connectivity index (χ1) is 20.9. The van der Waals surface area contributed by atoms with Crippen molar-refractivity contribution in [3.63, 3.8) is 0 Å². The van der Waals surface area contributed by atoms with E-state index in [1.165, 1.54) is 0 Å². The summed E-state index contributed by atoms with van der Waals surface area (Å²) in [6.45, 7) is 1.99. The molecule has 0 radical (unpaired) electrons. The van der Waals surface area contributed by atoms with E-state index in [-0.39, 0.29) is 31.1 Å². The summed E-state index contributed by atoms with van der Waals surface area (Å²) >= 11 is 0. The van der Waals surface area contributed by atoms with Gasteiger partial charge in [-0.25, -0.2) is 5.48 Å². The second-order valence-corrected chi connectivity index (χ2v) is 10.9. The summed E-state index contributed by atoms with van der Waals surface area (Å²) in [5.74, 6) is -0.534. The molecule has 2 aromatic carbocycles. The Labute approximate surface area is 253 Å². The largest absolute Gasteiger partial charge is 0.392 e. The highest BCUT2D eigenvalue weighted by atomic mass is 16.7. The van der Waals surface area contributed by atoms with E-state index in [0.717, 1.165) is 47.5 Å². The molecule has 1 aliphatic heterocycles. The monoisotopic (exact) mass is 590 g/mol. The van der Waals surface area contributed by atoms with Crippen LogP contribution in [0.25, 0.3) is 0 Å². The highest BCUT2D eigenvalue weighted by Crippen LogP contribution is 2.38. The van der Waals surface area contributed by atoms with Gasteiger partial charge in [0.25, 0.3) is 0 Å². The first kappa shape index (κ1) is 32.2. The molecule has 0 aliphatic carbocycles. The molecular weight excluding hydrogens is 548 g/mol. The molecule has 10 nitrogen and oxygen atoms in total. The Morgan fingerprint density at radius 1 is 0.930 bits per heavy atom. The fraction of sp³-hybridized carbons (Fsp3) is 0.424. The van der Waals surface area contributed by atoms with Crippen LogP contribution in [0.1, 0.15) is 72.4 Å². The number of aliphatic hydroxyl groups is 1. The lowest BCUT2D eigenvalue weighted by Gasteiger charge is -2.38. The van der Waals surface area contributed by atoms with E-state index in [2.05, 4.69) is 22.2 Å². The molecule has 1 saturated heterocycles. The van der Waals surface area contributed by atoms with Crippen LogP contribution < -0.4 is 10.8 Å². The van der Waals surface area contributed by atoms with Crippen LogP contribution in [-0.4, -0.2) is 58.3 Å². The van der Waals surface area contributed by atoms with Crippen LogP contribution in [0.4, 0.5) is 0 Å². The lowest BCUT2D eigenvalue weighted by atomic mass is 9.99. The van der Waals surface area contributed by atoms with Crippen molar-refractivity contribution in [3.8, 4) is 0 Å². The number of amides is 2. The van der Waals surface area contributed by atoms with Crippen molar-refractivity contribution in [2.45, 2.75) is 70.2 Å². The number of carbonyl (C=O) groups excluding carboxylic acids is 2. The van der Waals surface area contributed by atoms with Gasteiger partial charge in [0.15, 0.2) is 6.29 Å². The molecule has 1 aromatic heterocycles. The van der Waals surface area contributed by atoms with Gasteiger partial charge < -0.3 is 24.8 Å². The summed E-state index contributed by atoms with van der Waals surface area (Å²) < 4.78 is 12.9. The highest BCUT2D eigenvalue weighted by Gasteiger charge is 2.32. The maximum atomic E-state index is 12.2. The number of pyridine rings is 1. The number of aromatic nitrogens is 1. The molecule has 1 aliphatic rings. The van der Waals surface area contributed by atoms with Gasteiger partial charge in [-0.05, 0) is 48.7 Å². The van der Waals surface area contributed by atoms with Crippen LogP contribution in [0.15, 0.2) is 72.9 Å². The van der Waals surface area contributed by atoms with Crippen molar-refractivity contribution < 1.29 is 29.4 Å². The Bertz CT molecular complexity index is 1270. The summed E-state index contributed by atoms with van der Waals surface area (Å²) in [6, 6.07) is 21.7. The highest BCUT2D eigenvalue weighted by molar-refractivity contribution is 5.76. The zero-order valence-electron chi connectivity index (χ0n) is 24.7. The van der Waals surface area contributed by atoms with Gasteiger partial charge in [-0.15, -0.1) is 0 Å². The predicted molar refractivity (Wildman–Crippen MR) is 161 cm³/mol. The van der Waals surface area contributed by atoms with Gasteiger partial charge in [-0.3, -0.25) is 19.8 Å².